The normalized spacial score (nSPS) is 13.0. The molecule has 0 bridgehead atoms. The Balaban J connectivity index is 2.11. The van der Waals surface area contributed by atoms with Crippen LogP contribution in [0.5, 0.6) is 5.75 Å². The summed E-state index contributed by atoms with van der Waals surface area (Å²) < 4.78 is 58.4. The second kappa shape index (κ2) is 9.60. The molecule has 32 heavy (non-hydrogen) atoms. The van der Waals surface area contributed by atoms with Gasteiger partial charge in [-0.3, -0.25) is 9.59 Å². The Morgan fingerprint density at radius 1 is 1.12 bits per heavy atom. The van der Waals surface area contributed by atoms with E-state index in [1.807, 2.05) is 0 Å². The van der Waals surface area contributed by atoms with E-state index in [1.165, 1.54) is 24.6 Å². The summed E-state index contributed by atoms with van der Waals surface area (Å²) in [5, 5.41) is 14.8. The third kappa shape index (κ3) is 4.94. The van der Waals surface area contributed by atoms with E-state index in [2.05, 4.69) is 5.10 Å². The Labute approximate surface area is 178 Å². The molecule has 0 fully saturated rings. The number of amides is 1. The number of aliphatic hydroxyl groups is 1. The number of hydrogen-bond donors (Lipinski definition) is 2. The summed E-state index contributed by atoms with van der Waals surface area (Å²) in [6, 6.07) is 12.2. The lowest BCUT2D eigenvalue weighted by molar-refractivity contribution is -0.0551. The minimum atomic E-state index is -3.46. The molecule has 0 spiro atoms. The number of nitrogens with zero attached hydrogens (tertiary/aromatic N) is 2. The molecule has 0 saturated carbocycles. The van der Waals surface area contributed by atoms with E-state index in [1.54, 1.807) is 24.3 Å². The van der Waals surface area contributed by atoms with Gasteiger partial charge in [0.1, 0.15) is 17.1 Å². The van der Waals surface area contributed by atoms with Crippen molar-refractivity contribution >= 4 is 5.91 Å². The Kier molecular flexibility index (Phi) is 6.89. The summed E-state index contributed by atoms with van der Waals surface area (Å²) in [5.74, 6) is -1.52. The summed E-state index contributed by atoms with van der Waals surface area (Å²) in [4.78, 5) is 25.4. The number of nitrogens with one attached hydrogen (secondary N) is 1. The minimum absolute atomic E-state index is 0.0242. The number of carbonyl (C=O) groups excluding carboxylic acids is 1. The van der Waals surface area contributed by atoms with Gasteiger partial charge in [-0.15, -0.1) is 0 Å². The molecular formula is C21H17F4N3O4. The zero-order chi connectivity index (χ0) is 23.4. The molecule has 168 valence electrons. The molecule has 2 N–H and O–H groups in total. The molecule has 0 saturated heterocycles. The van der Waals surface area contributed by atoms with Gasteiger partial charge in [-0.25, -0.2) is 17.6 Å². The molecule has 7 nitrogen and oxygen atoms in total. The standard InChI is InChI=1S/C21H17F4N3O4/c1-32-14-7-5-11(6-8-14)16-10-15(20(30)26-19(25)17(29)18(23)24)21(31)28(27-16)13-4-2-3-12(22)9-13/h2-10,17-19,29H,1H3,(H,26,30)/t17-,19?/m0/s1. The summed E-state index contributed by atoms with van der Waals surface area (Å²) in [6.07, 6.45) is -9.07. The first-order valence-electron chi connectivity index (χ1n) is 9.17. The van der Waals surface area contributed by atoms with E-state index in [9.17, 15) is 27.2 Å². The minimum Gasteiger partial charge on any atom is -0.497 e. The van der Waals surface area contributed by atoms with Crippen molar-refractivity contribution in [1.29, 1.82) is 0 Å². The molecule has 2 atom stereocenters. The first kappa shape index (κ1) is 22.9. The molecule has 1 heterocycles. The Morgan fingerprint density at radius 2 is 1.81 bits per heavy atom. The molecule has 1 aromatic heterocycles. The highest BCUT2D eigenvalue weighted by molar-refractivity contribution is 5.95. The van der Waals surface area contributed by atoms with E-state index in [4.69, 9.17) is 9.84 Å². The maximum Gasteiger partial charge on any atom is 0.284 e. The SMILES string of the molecule is COc1ccc(-c2cc(C(=O)NC(F)[C@@H](O)C(F)F)c(=O)n(-c3cccc(F)c3)n2)cc1. The quantitative estimate of drug-likeness (QED) is 0.426. The average Bonchev–Trinajstić information content (AvgIpc) is 2.78. The molecule has 1 unspecified atom stereocenters. The van der Waals surface area contributed by atoms with Crippen LogP contribution in [-0.4, -0.2) is 46.7 Å². The van der Waals surface area contributed by atoms with Gasteiger partial charge in [0.05, 0.1) is 18.5 Å². The lowest BCUT2D eigenvalue weighted by Crippen LogP contribution is -2.45. The molecule has 2 aromatic carbocycles. The zero-order valence-electron chi connectivity index (χ0n) is 16.5. The molecule has 0 aliphatic carbocycles. The molecular weight excluding hydrogens is 434 g/mol. The second-order valence-corrected chi connectivity index (χ2v) is 6.57. The van der Waals surface area contributed by atoms with E-state index in [0.717, 1.165) is 22.9 Å². The topological polar surface area (TPSA) is 93.5 Å². The lowest BCUT2D eigenvalue weighted by Gasteiger charge is -2.17. The van der Waals surface area contributed by atoms with Gasteiger partial charge >= 0.3 is 0 Å². The van der Waals surface area contributed by atoms with Crippen LogP contribution in [-0.2, 0) is 0 Å². The number of aliphatic hydroxyl groups excluding tert-OH is 1. The van der Waals surface area contributed by atoms with Crippen LogP contribution in [0.1, 0.15) is 10.4 Å². The maximum absolute atomic E-state index is 13.8. The number of aromatic nitrogens is 2. The van der Waals surface area contributed by atoms with E-state index in [-0.39, 0.29) is 11.4 Å². The Hall–Kier alpha value is -3.73. The van der Waals surface area contributed by atoms with Crippen molar-refractivity contribution in [2.24, 2.45) is 0 Å². The van der Waals surface area contributed by atoms with E-state index < -0.39 is 41.7 Å². The molecule has 0 aliphatic rings. The number of hydrogen-bond acceptors (Lipinski definition) is 5. The predicted octanol–water partition coefficient (Wildman–Crippen LogP) is 2.70. The van der Waals surface area contributed by atoms with Crippen molar-refractivity contribution < 1.29 is 32.2 Å². The van der Waals surface area contributed by atoms with Gasteiger partial charge in [-0.2, -0.15) is 9.78 Å². The van der Waals surface area contributed by atoms with E-state index in [0.29, 0.717) is 11.3 Å². The van der Waals surface area contributed by atoms with Crippen LogP contribution >= 0.6 is 0 Å². The Bertz CT molecular complexity index is 1170. The Morgan fingerprint density at radius 3 is 2.41 bits per heavy atom. The number of halogens is 4. The van der Waals surface area contributed by atoms with Crippen molar-refractivity contribution in [3.63, 3.8) is 0 Å². The summed E-state index contributed by atoms with van der Waals surface area (Å²) in [5.41, 5.74) is -1.23. The molecule has 0 aliphatic heterocycles. The molecule has 3 rings (SSSR count). The largest absolute Gasteiger partial charge is 0.497 e. The van der Waals surface area contributed by atoms with Gasteiger partial charge in [0.25, 0.3) is 17.9 Å². The molecule has 3 aromatic rings. The third-order valence-electron chi connectivity index (χ3n) is 4.42. The van der Waals surface area contributed by atoms with Crippen LogP contribution < -0.4 is 15.6 Å². The van der Waals surface area contributed by atoms with Crippen LogP contribution in [0.2, 0.25) is 0 Å². The van der Waals surface area contributed by atoms with Crippen molar-refractivity contribution in [2.45, 2.75) is 18.8 Å². The molecule has 0 radical (unpaired) electrons. The second-order valence-electron chi connectivity index (χ2n) is 6.57. The van der Waals surface area contributed by atoms with Crippen LogP contribution in [0.25, 0.3) is 16.9 Å². The van der Waals surface area contributed by atoms with Gasteiger partial charge in [0.15, 0.2) is 6.10 Å². The zero-order valence-corrected chi connectivity index (χ0v) is 16.5. The van der Waals surface area contributed by atoms with Crippen molar-refractivity contribution in [1.82, 2.24) is 15.1 Å². The monoisotopic (exact) mass is 451 g/mol. The van der Waals surface area contributed by atoms with Gasteiger partial charge in [-0.1, -0.05) is 6.07 Å². The van der Waals surface area contributed by atoms with Gasteiger partial charge in [0.2, 0.25) is 6.30 Å². The van der Waals surface area contributed by atoms with Crippen LogP contribution in [0.15, 0.2) is 59.4 Å². The smallest absolute Gasteiger partial charge is 0.284 e. The maximum atomic E-state index is 13.8. The summed E-state index contributed by atoms with van der Waals surface area (Å²) in [7, 11) is 1.46. The highest BCUT2D eigenvalue weighted by Gasteiger charge is 2.30. The summed E-state index contributed by atoms with van der Waals surface area (Å²) in [6.45, 7) is 0. The summed E-state index contributed by atoms with van der Waals surface area (Å²) >= 11 is 0. The number of carbonyl (C=O) groups is 1. The predicted molar refractivity (Wildman–Crippen MR) is 106 cm³/mol. The van der Waals surface area contributed by atoms with Crippen LogP contribution in [0, 0.1) is 5.82 Å². The lowest BCUT2D eigenvalue weighted by atomic mass is 10.1. The van der Waals surface area contributed by atoms with Gasteiger partial charge in [0, 0.05) is 5.56 Å². The molecule has 1 amide bonds. The molecule has 11 heteroatoms. The number of alkyl halides is 3. The number of benzene rings is 2. The highest BCUT2D eigenvalue weighted by Crippen LogP contribution is 2.21. The van der Waals surface area contributed by atoms with Crippen molar-refractivity contribution in [2.75, 3.05) is 7.11 Å². The van der Waals surface area contributed by atoms with Crippen LogP contribution in [0.4, 0.5) is 17.6 Å². The number of ether oxygens (including phenoxy) is 1. The fourth-order valence-electron chi connectivity index (χ4n) is 2.76. The average molecular weight is 451 g/mol. The fourth-order valence-corrected chi connectivity index (χ4v) is 2.76. The first-order valence-corrected chi connectivity index (χ1v) is 9.17. The highest BCUT2D eigenvalue weighted by atomic mass is 19.3. The van der Waals surface area contributed by atoms with Crippen molar-refractivity contribution in [3.05, 3.63) is 76.3 Å². The third-order valence-corrected chi connectivity index (χ3v) is 4.42. The van der Waals surface area contributed by atoms with E-state index >= 15 is 0 Å². The first-order chi connectivity index (χ1) is 15.2. The van der Waals surface area contributed by atoms with Crippen LogP contribution in [0.3, 0.4) is 0 Å². The number of rotatable bonds is 7. The van der Waals surface area contributed by atoms with Gasteiger partial charge in [-0.05, 0) is 48.5 Å². The van der Waals surface area contributed by atoms with Gasteiger partial charge < -0.3 is 15.2 Å². The number of methoxy groups -OCH3 is 1. The van der Waals surface area contributed by atoms with Crippen molar-refractivity contribution in [3.8, 4) is 22.7 Å². The fraction of sp³-hybridized carbons (Fsp3) is 0.190.